The number of hydrogen-bond acceptors (Lipinski definition) is 5. The first-order valence-electron chi connectivity index (χ1n) is 7.98. The zero-order valence-electron chi connectivity index (χ0n) is 13.2. The molecule has 23 heavy (non-hydrogen) atoms. The monoisotopic (exact) mass is 315 g/mol. The van der Waals surface area contributed by atoms with E-state index in [1.807, 2.05) is 12.1 Å². The molecule has 122 valence electrons. The lowest BCUT2D eigenvalue weighted by molar-refractivity contribution is 0.0914. The van der Waals surface area contributed by atoms with Gasteiger partial charge in [-0.15, -0.1) is 0 Å². The lowest BCUT2D eigenvalue weighted by Gasteiger charge is -2.28. The lowest BCUT2D eigenvalue weighted by Crippen LogP contribution is -2.38. The molecule has 3 rings (SSSR count). The van der Waals surface area contributed by atoms with Crippen molar-refractivity contribution in [2.75, 3.05) is 6.61 Å². The van der Waals surface area contributed by atoms with E-state index in [0.29, 0.717) is 23.2 Å². The van der Waals surface area contributed by atoms with Crippen LogP contribution in [-0.2, 0) is 0 Å². The van der Waals surface area contributed by atoms with Gasteiger partial charge >= 0.3 is 0 Å². The number of aliphatic hydroxyl groups excluding tert-OH is 1. The van der Waals surface area contributed by atoms with Gasteiger partial charge in [0, 0.05) is 30.7 Å². The molecule has 2 N–H and O–H groups in total. The molecule has 0 saturated heterocycles. The number of nitrogens with zero attached hydrogens (tertiary/aromatic N) is 2. The topological polar surface area (TPSA) is 88.2 Å². The first-order chi connectivity index (χ1) is 11.2. The predicted molar refractivity (Wildman–Crippen MR) is 84.8 cm³/mol. The molecule has 2 aromatic rings. The minimum atomic E-state index is -0.0838. The van der Waals surface area contributed by atoms with Gasteiger partial charge in [0.1, 0.15) is 0 Å². The molecule has 0 aliphatic heterocycles. The van der Waals surface area contributed by atoms with Gasteiger partial charge < -0.3 is 14.9 Å². The molecule has 1 aliphatic rings. The van der Waals surface area contributed by atoms with Gasteiger partial charge in [0.2, 0.25) is 11.7 Å². The first-order valence-corrected chi connectivity index (χ1v) is 7.98. The van der Waals surface area contributed by atoms with Crippen molar-refractivity contribution in [3.8, 4) is 11.4 Å². The first kappa shape index (κ1) is 15.7. The second-order valence-corrected chi connectivity index (χ2v) is 6.09. The van der Waals surface area contributed by atoms with Crippen LogP contribution < -0.4 is 5.32 Å². The SMILES string of the molecule is Cc1nc(-c2cccc(C(=O)NC3CCC(CO)CC3)c2)no1. The summed E-state index contributed by atoms with van der Waals surface area (Å²) in [5.74, 6) is 1.28. The summed E-state index contributed by atoms with van der Waals surface area (Å²) >= 11 is 0. The Labute approximate surface area is 134 Å². The van der Waals surface area contributed by atoms with E-state index in [4.69, 9.17) is 4.52 Å². The highest BCUT2D eigenvalue weighted by Gasteiger charge is 2.22. The fraction of sp³-hybridized carbons (Fsp3) is 0.471. The second kappa shape index (κ2) is 6.91. The molecule has 0 bridgehead atoms. The van der Waals surface area contributed by atoms with E-state index >= 15 is 0 Å². The van der Waals surface area contributed by atoms with Crippen LogP contribution in [0.25, 0.3) is 11.4 Å². The summed E-state index contributed by atoms with van der Waals surface area (Å²) in [5.41, 5.74) is 1.35. The largest absolute Gasteiger partial charge is 0.396 e. The van der Waals surface area contributed by atoms with Crippen LogP contribution in [0.3, 0.4) is 0 Å². The smallest absolute Gasteiger partial charge is 0.251 e. The van der Waals surface area contributed by atoms with Gasteiger partial charge in [-0.25, -0.2) is 0 Å². The highest BCUT2D eigenvalue weighted by atomic mass is 16.5. The van der Waals surface area contributed by atoms with Gasteiger partial charge in [-0.05, 0) is 43.7 Å². The third kappa shape index (κ3) is 3.76. The minimum absolute atomic E-state index is 0.0838. The molecule has 6 nitrogen and oxygen atoms in total. The normalized spacial score (nSPS) is 21.1. The van der Waals surface area contributed by atoms with Crippen LogP contribution in [0.2, 0.25) is 0 Å². The number of benzene rings is 1. The van der Waals surface area contributed by atoms with Gasteiger partial charge in [0.05, 0.1) is 0 Å². The fourth-order valence-corrected chi connectivity index (χ4v) is 2.97. The molecule has 1 saturated carbocycles. The molecular weight excluding hydrogens is 294 g/mol. The van der Waals surface area contributed by atoms with Crippen LogP contribution in [0.1, 0.15) is 41.9 Å². The second-order valence-electron chi connectivity index (χ2n) is 6.09. The number of hydrogen-bond donors (Lipinski definition) is 2. The fourth-order valence-electron chi connectivity index (χ4n) is 2.97. The maximum absolute atomic E-state index is 12.4. The summed E-state index contributed by atoms with van der Waals surface area (Å²) in [6.07, 6.45) is 3.76. The quantitative estimate of drug-likeness (QED) is 0.904. The highest BCUT2D eigenvalue weighted by Crippen LogP contribution is 2.24. The lowest BCUT2D eigenvalue weighted by atomic mass is 9.86. The van der Waals surface area contributed by atoms with Crippen molar-refractivity contribution >= 4 is 5.91 Å². The Balaban J connectivity index is 1.66. The van der Waals surface area contributed by atoms with E-state index in [-0.39, 0.29) is 18.6 Å². The molecule has 1 fully saturated rings. The predicted octanol–water partition coefficient (Wildman–Crippen LogP) is 2.33. The van der Waals surface area contributed by atoms with Crippen LogP contribution in [0.15, 0.2) is 28.8 Å². The van der Waals surface area contributed by atoms with Crippen molar-refractivity contribution in [3.63, 3.8) is 0 Å². The number of amides is 1. The Kier molecular flexibility index (Phi) is 4.71. The zero-order valence-corrected chi connectivity index (χ0v) is 13.2. The molecule has 0 spiro atoms. The summed E-state index contributed by atoms with van der Waals surface area (Å²) in [6, 6.07) is 7.41. The molecule has 0 atom stereocenters. The van der Waals surface area contributed by atoms with Crippen LogP contribution in [-0.4, -0.2) is 33.8 Å². The van der Waals surface area contributed by atoms with Crippen molar-refractivity contribution in [1.82, 2.24) is 15.5 Å². The standard InChI is InChI=1S/C17H21N3O3/c1-11-18-16(20-23-11)13-3-2-4-14(9-13)17(22)19-15-7-5-12(10-21)6-8-15/h2-4,9,12,15,21H,5-8,10H2,1H3,(H,19,22). The maximum atomic E-state index is 12.4. The molecule has 0 unspecified atom stereocenters. The Hall–Kier alpha value is -2.21. The summed E-state index contributed by atoms with van der Waals surface area (Å²) in [7, 11) is 0. The summed E-state index contributed by atoms with van der Waals surface area (Å²) in [4.78, 5) is 16.6. The van der Waals surface area contributed by atoms with Crippen LogP contribution in [0, 0.1) is 12.8 Å². The summed E-state index contributed by atoms with van der Waals surface area (Å²) in [5, 5.41) is 16.1. The van der Waals surface area contributed by atoms with Crippen LogP contribution in [0.5, 0.6) is 0 Å². The number of carbonyl (C=O) groups is 1. The minimum Gasteiger partial charge on any atom is -0.396 e. The van der Waals surface area contributed by atoms with Crippen molar-refractivity contribution in [2.24, 2.45) is 5.92 Å². The van der Waals surface area contributed by atoms with Gasteiger partial charge in [0.15, 0.2) is 0 Å². The molecule has 1 aromatic heterocycles. The van der Waals surface area contributed by atoms with Gasteiger partial charge in [-0.3, -0.25) is 4.79 Å². The average Bonchev–Trinajstić information content (AvgIpc) is 3.02. The highest BCUT2D eigenvalue weighted by molar-refractivity contribution is 5.95. The Bertz CT molecular complexity index is 675. The van der Waals surface area contributed by atoms with Crippen molar-refractivity contribution in [2.45, 2.75) is 38.6 Å². The third-order valence-corrected chi connectivity index (χ3v) is 4.35. The molecular formula is C17H21N3O3. The number of aromatic nitrogens is 2. The Morgan fingerprint density at radius 2 is 2.13 bits per heavy atom. The number of aliphatic hydroxyl groups is 1. The van der Waals surface area contributed by atoms with E-state index in [1.54, 1.807) is 19.1 Å². The van der Waals surface area contributed by atoms with Crippen molar-refractivity contribution in [1.29, 1.82) is 0 Å². The summed E-state index contributed by atoms with van der Waals surface area (Å²) in [6.45, 7) is 1.97. The zero-order chi connectivity index (χ0) is 16.2. The number of nitrogens with one attached hydrogen (secondary N) is 1. The van der Waals surface area contributed by atoms with Gasteiger partial charge in [-0.1, -0.05) is 17.3 Å². The van der Waals surface area contributed by atoms with E-state index in [0.717, 1.165) is 31.2 Å². The van der Waals surface area contributed by atoms with Crippen LogP contribution in [0.4, 0.5) is 0 Å². The maximum Gasteiger partial charge on any atom is 0.251 e. The molecule has 1 amide bonds. The molecule has 6 heteroatoms. The van der Waals surface area contributed by atoms with E-state index < -0.39 is 0 Å². The van der Waals surface area contributed by atoms with E-state index in [2.05, 4.69) is 15.5 Å². The van der Waals surface area contributed by atoms with Crippen molar-refractivity contribution < 1.29 is 14.4 Å². The number of carbonyl (C=O) groups excluding carboxylic acids is 1. The van der Waals surface area contributed by atoms with E-state index in [1.165, 1.54) is 0 Å². The van der Waals surface area contributed by atoms with Crippen molar-refractivity contribution in [3.05, 3.63) is 35.7 Å². The third-order valence-electron chi connectivity index (χ3n) is 4.35. The Morgan fingerprint density at radius 3 is 2.78 bits per heavy atom. The van der Waals surface area contributed by atoms with Gasteiger partial charge in [0.25, 0.3) is 5.91 Å². The number of rotatable bonds is 4. The molecule has 1 heterocycles. The molecule has 1 aromatic carbocycles. The van der Waals surface area contributed by atoms with E-state index in [9.17, 15) is 9.90 Å². The van der Waals surface area contributed by atoms with Crippen LogP contribution >= 0.6 is 0 Å². The number of aryl methyl sites for hydroxylation is 1. The summed E-state index contributed by atoms with van der Waals surface area (Å²) < 4.78 is 4.98. The average molecular weight is 315 g/mol. The molecule has 0 radical (unpaired) electrons. The Morgan fingerprint density at radius 1 is 1.35 bits per heavy atom. The van der Waals surface area contributed by atoms with Gasteiger partial charge in [-0.2, -0.15) is 4.98 Å². The molecule has 1 aliphatic carbocycles.